The van der Waals surface area contributed by atoms with Crippen LogP contribution in [0.4, 0.5) is 13.2 Å². The van der Waals surface area contributed by atoms with Gasteiger partial charge in [0.15, 0.2) is 0 Å². The summed E-state index contributed by atoms with van der Waals surface area (Å²) in [7, 11) is 0. The molecule has 0 heterocycles. The zero-order chi connectivity index (χ0) is 14.5. The number of alkyl halides is 3. The van der Waals surface area contributed by atoms with E-state index in [1.807, 2.05) is 0 Å². The fraction of sp³-hybridized carbons (Fsp3) is 0.917. The standard InChI is InChI=1S/C12H23F3N2O/c1-5-9(6-2)17(7-12(13,14)15)11(18)10(16)8(3)4/h8-10H,5-7,16H2,1-4H3/t10-/m0/s1. The van der Waals surface area contributed by atoms with Crippen LogP contribution in [0.5, 0.6) is 0 Å². The van der Waals surface area contributed by atoms with Gasteiger partial charge in [-0.15, -0.1) is 0 Å². The topological polar surface area (TPSA) is 46.3 Å². The summed E-state index contributed by atoms with van der Waals surface area (Å²) in [5.41, 5.74) is 5.67. The molecule has 6 heteroatoms. The molecule has 0 spiro atoms. The summed E-state index contributed by atoms with van der Waals surface area (Å²) in [6.45, 7) is 5.76. The summed E-state index contributed by atoms with van der Waals surface area (Å²) in [5, 5.41) is 0. The predicted molar refractivity (Wildman–Crippen MR) is 65.0 cm³/mol. The monoisotopic (exact) mass is 268 g/mol. The van der Waals surface area contributed by atoms with E-state index < -0.39 is 30.7 Å². The third-order valence-electron chi connectivity index (χ3n) is 3.02. The number of rotatable bonds is 6. The van der Waals surface area contributed by atoms with Crippen LogP contribution in [0.1, 0.15) is 40.5 Å². The van der Waals surface area contributed by atoms with E-state index >= 15 is 0 Å². The Bertz CT molecular complexity index is 263. The van der Waals surface area contributed by atoms with Crippen LogP contribution in [-0.2, 0) is 4.79 Å². The van der Waals surface area contributed by atoms with Crippen LogP contribution in [0.2, 0.25) is 0 Å². The van der Waals surface area contributed by atoms with Crippen LogP contribution >= 0.6 is 0 Å². The summed E-state index contributed by atoms with van der Waals surface area (Å²) >= 11 is 0. The van der Waals surface area contributed by atoms with Crippen LogP contribution in [0.15, 0.2) is 0 Å². The number of nitrogens with two attached hydrogens (primary N) is 1. The molecule has 0 aromatic heterocycles. The van der Waals surface area contributed by atoms with Crippen molar-refractivity contribution >= 4 is 5.91 Å². The van der Waals surface area contributed by atoms with Gasteiger partial charge in [-0.3, -0.25) is 4.79 Å². The maximum absolute atomic E-state index is 12.5. The lowest BCUT2D eigenvalue weighted by molar-refractivity contribution is -0.167. The van der Waals surface area contributed by atoms with E-state index in [-0.39, 0.29) is 5.92 Å². The number of carbonyl (C=O) groups is 1. The van der Waals surface area contributed by atoms with Crippen molar-refractivity contribution in [2.45, 2.75) is 58.8 Å². The number of amides is 1. The fourth-order valence-corrected chi connectivity index (χ4v) is 1.79. The van der Waals surface area contributed by atoms with Crippen molar-refractivity contribution < 1.29 is 18.0 Å². The Labute approximate surface area is 107 Å². The quantitative estimate of drug-likeness (QED) is 0.804. The Morgan fingerprint density at radius 1 is 1.22 bits per heavy atom. The maximum Gasteiger partial charge on any atom is 0.406 e. The first kappa shape index (κ1) is 17.2. The number of carbonyl (C=O) groups excluding carboxylic acids is 1. The molecular weight excluding hydrogens is 245 g/mol. The van der Waals surface area contributed by atoms with E-state index in [0.717, 1.165) is 4.90 Å². The van der Waals surface area contributed by atoms with Crippen molar-refractivity contribution in [1.29, 1.82) is 0 Å². The van der Waals surface area contributed by atoms with Gasteiger partial charge in [-0.1, -0.05) is 27.7 Å². The second-order valence-corrected chi connectivity index (χ2v) is 4.82. The highest BCUT2D eigenvalue weighted by molar-refractivity contribution is 5.82. The summed E-state index contributed by atoms with van der Waals surface area (Å²) < 4.78 is 37.6. The molecule has 2 N–H and O–H groups in total. The molecule has 0 rings (SSSR count). The first-order valence-corrected chi connectivity index (χ1v) is 6.26. The SMILES string of the molecule is CCC(CC)N(CC(F)(F)F)C(=O)[C@@H](N)C(C)C. The Kier molecular flexibility index (Phi) is 6.67. The van der Waals surface area contributed by atoms with Gasteiger partial charge in [0.2, 0.25) is 5.91 Å². The number of hydrogen-bond acceptors (Lipinski definition) is 2. The Morgan fingerprint density at radius 2 is 1.67 bits per heavy atom. The third-order valence-corrected chi connectivity index (χ3v) is 3.02. The van der Waals surface area contributed by atoms with E-state index in [1.165, 1.54) is 0 Å². The highest BCUT2D eigenvalue weighted by Gasteiger charge is 2.37. The van der Waals surface area contributed by atoms with Gasteiger partial charge in [-0.05, 0) is 18.8 Å². The van der Waals surface area contributed by atoms with Crippen LogP contribution < -0.4 is 5.73 Å². The second-order valence-electron chi connectivity index (χ2n) is 4.82. The molecule has 0 aliphatic rings. The largest absolute Gasteiger partial charge is 0.406 e. The van der Waals surface area contributed by atoms with Crippen molar-refractivity contribution in [1.82, 2.24) is 4.90 Å². The molecule has 0 fully saturated rings. The smallest absolute Gasteiger partial charge is 0.329 e. The molecule has 1 amide bonds. The van der Waals surface area contributed by atoms with E-state index in [4.69, 9.17) is 5.73 Å². The number of nitrogens with zero attached hydrogens (tertiary/aromatic N) is 1. The minimum atomic E-state index is -4.39. The molecule has 0 saturated heterocycles. The van der Waals surface area contributed by atoms with Crippen LogP contribution in [-0.4, -0.2) is 35.6 Å². The van der Waals surface area contributed by atoms with Crippen LogP contribution in [0, 0.1) is 5.92 Å². The van der Waals surface area contributed by atoms with E-state index in [0.29, 0.717) is 12.8 Å². The molecule has 0 aliphatic carbocycles. The Hall–Kier alpha value is -0.780. The Morgan fingerprint density at radius 3 is 1.94 bits per heavy atom. The van der Waals surface area contributed by atoms with Gasteiger partial charge in [0.05, 0.1) is 6.04 Å². The first-order valence-electron chi connectivity index (χ1n) is 6.26. The normalized spacial score (nSPS) is 14.1. The fourth-order valence-electron chi connectivity index (χ4n) is 1.79. The van der Waals surface area contributed by atoms with Crippen molar-refractivity contribution in [3.63, 3.8) is 0 Å². The zero-order valence-corrected chi connectivity index (χ0v) is 11.4. The molecule has 0 aliphatic heterocycles. The summed E-state index contributed by atoms with van der Waals surface area (Å²) in [5.74, 6) is -0.793. The molecule has 0 radical (unpaired) electrons. The minimum Gasteiger partial charge on any atom is -0.329 e. The van der Waals surface area contributed by atoms with Crippen molar-refractivity contribution in [3.8, 4) is 0 Å². The average Bonchev–Trinajstić information content (AvgIpc) is 2.25. The molecule has 0 unspecified atom stereocenters. The first-order chi connectivity index (χ1) is 8.14. The lowest BCUT2D eigenvalue weighted by atomic mass is 10.0. The number of hydrogen-bond donors (Lipinski definition) is 1. The highest BCUT2D eigenvalue weighted by Crippen LogP contribution is 2.21. The van der Waals surface area contributed by atoms with Gasteiger partial charge < -0.3 is 10.6 Å². The highest BCUT2D eigenvalue weighted by atomic mass is 19.4. The van der Waals surface area contributed by atoms with Crippen LogP contribution in [0.3, 0.4) is 0 Å². The van der Waals surface area contributed by atoms with Crippen molar-refractivity contribution in [2.24, 2.45) is 11.7 Å². The molecule has 1 atom stereocenters. The molecular formula is C12H23F3N2O. The van der Waals surface area contributed by atoms with Gasteiger partial charge >= 0.3 is 6.18 Å². The molecule has 18 heavy (non-hydrogen) atoms. The van der Waals surface area contributed by atoms with E-state index in [1.54, 1.807) is 27.7 Å². The summed E-state index contributed by atoms with van der Waals surface area (Å²) in [6.07, 6.45) is -3.42. The summed E-state index contributed by atoms with van der Waals surface area (Å²) in [6, 6.07) is -1.29. The van der Waals surface area contributed by atoms with Gasteiger partial charge in [0.25, 0.3) is 0 Å². The molecule has 0 aromatic rings. The zero-order valence-electron chi connectivity index (χ0n) is 11.4. The van der Waals surface area contributed by atoms with Crippen molar-refractivity contribution in [3.05, 3.63) is 0 Å². The van der Waals surface area contributed by atoms with E-state index in [2.05, 4.69) is 0 Å². The molecule has 0 bridgehead atoms. The van der Waals surface area contributed by atoms with Gasteiger partial charge in [0, 0.05) is 6.04 Å². The minimum absolute atomic E-state index is 0.178. The molecule has 3 nitrogen and oxygen atoms in total. The maximum atomic E-state index is 12.5. The third kappa shape index (κ3) is 5.25. The predicted octanol–water partition coefficient (Wildman–Crippen LogP) is 2.55. The Balaban J connectivity index is 5.02. The number of halogens is 3. The lowest BCUT2D eigenvalue weighted by Gasteiger charge is -2.34. The molecule has 0 saturated carbocycles. The van der Waals surface area contributed by atoms with Gasteiger partial charge in [0.1, 0.15) is 6.54 Å². The lowest BCUT2D eigenvalue weighted by Crippen LogP contribution is -2.53. The molecule has 0 aromatic carbocycles. The van der Waals surface area contributed by atoms with Gasteiger partial charge in [-0.2, -0.15) is 13.2 Å². The summed E-state index contributed by atoms with van der Waals surface area (Å²) in [4.78, 5) is 12.9. The van der Waals surface area contributed by atoms with Gasteiger partial charge in [-0.25, -0.2) is 0 Å². The van der Waals surface area contributed by atoms with Crippen LogP contribution in [0.25, 0.3) is 0 Å². The average molecular weight is 268 g/mol. The molecule has 108 valence electrons. The van der Waals surface area contributed by atoms with E-state index in [9.17, 15) is 18.0 Å². The van der Waals surface area contributed by atoms with Crippen molar-refractivity contribution in [2.75, 3.05) is 6.54 Å². The second kappa shape index (κ2) is 6.97.